The van der Waals surface area contributed by atoms with Gasteiger partial charge >= 0.3 is 0 Å². The molecule has 4 heteroatoms. The maximum absolute atomic E-state index is 9.93. The second kappa shape index (κ2) is 4.48. The molecule has 0 aliphatic heterocycles. The third-order valence-electron chi connectivity index (χ3n) is 1.23. The highest BCUT2D eigenvalue weighted by Crippen LogP contribution is 2.19. The highest BCUT2D eigenvalue weighted by Gasteiger charge is 1.98. The number of halogens is 1. The Labute approximate surface area is 80.4 Å². The number of aromatic nitrogens is 1. The van der Waals surface area contributed by atoms with Crippen molar-refractivity contribution < 1.29 is 9.90 Å². The third kappa shape index (κ3) is 2.77. The van der Waals surface area contributed by atoms with Crippen LogP contribution in [0.15, 0.2) is 12.1 Å². The molecule has 0 amide bonds. The topological polar surface area (TPSA) is 50.2 Å². The maximum atomic E-state index is 9.93. The van der Waals surface area contributed by atoms with Crippen molar-refractivity contribution in [1.29, 1.82) is 0 Å². The van der Waals surface area contributed by atoms with Gasteiger partial charge < -0.3 is 9.90 Å². The lowest BCUT2D eigenvalue weighted by Gasteiger charge is -1.94. The number of carbonyl (C=O) groups is 1. The molecule has 0 aliphatic carbocycles. The van der Waals surface area contributed by atoms with Crippen LogP contribution in [0.4, 0.5) is 0 Å². The van der Waals surface area contributed by atoms with Crippen LogP contribution < -0.4 is 0 Å². The molecule has 1 aromatic heterocycles. The molecule has 0 radical (unpaired) electrons. The predicted molar refractivity (Wildman–Crippen MR) is 48.5 cm³/mol. The van der Waals surface area contributed by atoms with E-state index in [0.29, 0.717) is 12.0 Å². The number of rotatable bonds is 1. The molecule has 1 aromatic rings. The minimum Gasteiger partial charge on any atom is -0.505 e. The van der Waals surface area contributed by atoms with Crippen molar-refractivity contribution in [2.75, 3.05) is 0 Å². The van der Waals surface area contributed by atoms with Gasteiger partial charge in [0.1, 0.15) is 12.0 Å². The first kappa shape index (κ1) is 9.56. The minimum atomic E-state index is -0.0809. The van der Waals surface area contributed by atoms with E-state index < -0.39 is 0 Å². The summed E-state index contributed by atoms with van der Waals surface area (Å²) in [5.74, 6) is 5.12. The van der Waals surface area contributed by atoms with Crippen molar-refractivity contribution in [1.82, 2.24) is 4.98 Å². The Balaban J connectivity index is 2.87. The molecule has 1 rings (SSSR count). The van der Waals surface area contributed by atoms with E-state index >= 15 is 0 Å². The fourth-order valence-electron chi connectivity index (χ4n) is 0.680. The Morgan fingerprint density at radius 2 is 2.38 bits per heavy atom. The summed E-state index contributed by atoms with van der Waals surface area (Å²) < 4.78 is 0. The van der Waals surface area contributed by atoms with Gasteiger partial charge in [0.05, 0.1) is 6.42 Å². The zero-order valence-corrected chi connectivity index (χ0v) is 7.38. The monoisotopic (exact) mass is 195 g/mol. The number of carbonyl (C=O) groups excluding carboxylic acids is 1. The molecule has 0 aliphatic rings. The molecule has 1 heterocycles. The van der Waals surface area contributed by atoms with E-state index in [9.17, 15) is 4.79 Å². The number of pyridine rings is 1. The van der Waals surface area contributed by atoms with Crippen molar-refractivity contribution in [2.24, 2.45) is 0 Å². The molecular formula is C9H6ClNO2. The van der Waals surface area contributed by atoms with Gasteiger partial charge in [-0.15, -0.1) is 0 Å². The molecule has 0 saturated carbocycles. The molecular weight excluding hydrogens is 190 g/mol. The number of aldehydes is 1. The van der Waals surface area contributed by atoms with Crippen molar-refractivity contribution in [3.05, 3.63) is 23.0 Å². The summed E-state index contributed by atoms with van der Waals surface area (Å²) in [6.45, 7) is 0. The van der Waals surface area contributed by atoms with Gasteiger partial charge in [0.25, 0.3) is 0 Å². The lowest BCUT2D eigenvalue weighted by Crippen LogP contribution is -1.82. The Morgan fingerprint density at radius 3 is 3.00 bits per heavy atom. The molecule has 66 valence electrons. The Hall–Kier alpha value is -1.53. The van der Waals surface area contributed by atoms with Crippen LogP contribution in [0.5, 0.6) is 5.75 Å². The molecule has 0 bridgehead atoms. The normalized spacial score (nSPS) is 8.69. The number of aromatic hydroxyl groups is 1. The van der Waals surface area contributed by atoms with Crippen LogP contribution in [0.25, 0.3) is 0 Å². The van der Waals surface area contributed by atoms with Gasteiger partial charge in [-0.3, -0.25) is 0 Å². The third-order valence-corrected chi connectivity index (χ3v) is 1.51. The smallest absolute Gasteiger partial charge is 0.172 e. The molecule has 0 unspecified atom stereocenters. The molecule has 0 fully saturated rings. The molecule has 13 heavy (non-hydrogen) atoms. The van der Waals surface area contributed by atoms with E-state index in [2.05, 4.69) is 16.8 Å². The number of hydrogen-bond donors (Lipinski definition) is 1. The molecule has 0 aromatic carbocycles. The van der Waals surface area contributed by atoms with Crippen LogP contribution in [0.2, 0.25) is 5.15 Å². The average molecular weight is 196 g/mol. The second-order valence-corrected chi connectivity index (χ2v) is 2.54. The number of hydrogen-bond acceptors (Lipinski definition) is 3. The fourth-order valence-corrected chi connectivity index (χ4v) is 0.834. The van der Waals surface area contributed by atoms with E-state index in [0.717, 1.165) is 0 Å². The van der Waals surface area contributed by atoms with E-state index in [1.165, 1.54) is 12.1 Å². The molecule has 1 N–H and O–H groups in total. The van der Waals surface area contributed by atoms with Gasteiger partial charge in [-0.05, 0) is 18.1 Å². The van der Waals surface area contributed by atoms with Crippen LogP contribution in [0.1, 0.15) is 12.1 Å². The number of nitrogens with zero attached hydrogens (tertiary/aromatic N) is 1. The van der Waals surface area contributed by atoms with Crippen molar-refractivity contribution >= 4 is 17.9 Å². The summed E-state index contributed by atoms with van der Waals surface area (Å²) in [7, 11) is 0. The molecule has 0 spiro atoms. The molecule has 0 atom stereocenters. The summed E-state index contributed by atoms with van der Waals surface area (Å²) in [4.78, 5) is 13.7. The van der Waals surface area contributed by atoms with Gasteiger partial charge in [-0.2, -0.15) is 0 Å². The zero-order chi connectivity index (χ0) is 9.68. The van der Waals surface area contributed by atoms with Crippen LogP contribution in [0, 0.1) is 11.8 Å². The summed E-state index contributed by atoms with van der Waals surface area (Å²) >= 11 is 5.53. The molecule has 3 nitrogen and oxygen atoms in total. The first-order valence-corrected chi connectivity index (χ1v) is 3.90. The van der Waals surface area contributed by atoms with Crippen molar-refractivity contribution in [3.63, 3.8) is 0 Å². The highest BCUT2D eigenvalue weighted by atomic mass is 35.5. The summed E-state index contributed by atoms with van der Waals surface area (Å²) in [5.41, 5.74) is 0.435. The largest absolute Gasteiger partial charge is 0.505 e. The Morgan fingerprint density at radius 1 is 1.62 bits per heavy atom. The van der Waals surface area contributed by atoms with Crippen molar-refractivity contribution in [3.8, 4) is 17.6 Å². The highest BCUT2D eigenvalue weighted by molar-refractivity contribution is 6.30. The standard InChI is InChI=1S/C9H6ClNO2/c10-9-8(13)5-4-7(11-9)3-1-2-6-12/h4-6,13H,2H2. The Kier molecular flexibility index (Phi) is 3.30. The minimum absolute atomic E-state index is 0.0119. The summed E-state index contributed by atoms with van der Waals surface area (Å²) in [6.07, 6.45) is 0.870. The van der Waals surface area contributed by atoms with E-state index in [1.54, 1.807) is 0 Å². The maximum Gasteiger partial charge on any atom is 0.172 e. The van der Waals surface area contributed by atoms with Gasteiger partial charge in [0.15, 0.2) is 10.9 Å². The average Bonchev–Trinajstić information content (AvgIpc) is 2.12. The van der Waals surface area contributed by atoms with Crippen LogP contribution in [0.3, 0.4) is 0 Å². The molecule has 0 saturated heterocycles. The fraction of sp³-hybridized carbons (Fsp3) is 0.111. The van der Waals surface area contributed by atoms with E-state index in [4.69, 9.17) is 16.7 Å². The lowest BCUT2D eigenvalue weighted by molar-refractivity contribution is -0.107. The Bertz CT molecular complexity index is 379. The van der Waals surface area contributed by atoms with Gasteiger partial charge in [0.2, 0.25) is 0 Å². The first-order chi connectivity index (χ1) is 6.24. The first-order valence-electron chi connectivity index (χ1n) is 3.52. The zero-order valence-electron chi connectivity index (χ0n) is 6.62. The lowest BCUT2D eigenvalue weighted by atomic mass is 10.3. The van der Waals surface area contributed by atoms with Crippen molar-refractivity contribution in [2.45, 2.75) is 6.42 Å². The van der Waals surface area contributed by atoms with Gasteiger partial charge in [-0.1, -0.05) is 17.5 Å². The SMILES string of the molecule is O=CCC#Cc1ccc(O)c(Cl)n1. The second-order valence-electron chi connectivity index (χ2n) is 2.18. The summed E-state index contributed by atoms with van der Waals surface area (Å²) in [5, 5.41) is 9.03. The van der Waals surface area contributed by atoms with Gasteiger partial charge in [0, 0.05) is 0 Å². The van der Waals surface area contributed by atoms with Gasteiger partial charge in [-0.25, -0.2) is 4.98 Å². The summed E-state index contributed by atoms with van der Waals surface area (Å²) in [6, 6.07) is 2.93. The van der Waals surface area contributed by atoms with E-state index in [1.807, 2.05) is 0 Å². The van der Waals surface area contributed by atoms with Crippen LogP contribution >= 0.6 is 11.6 Å². The quantitative estimate of drug-likeness (QED) is 0.419. The van der Waals surface area contributed by atoms with Crippen LogP contribution in [-0.2, 0) is 4.79 Å². The predicted octanol–water partition coefficient (Wildman–Crippen LogP) is 1.38. The van der Waals surface area contributed by atoms with Crippen LogP contribution in [-0.4, -0.2) is 16.4 Å². The van der Waals surface area contributed by atoms with E-state index in [-0.39, 0.29) is 17.3 Å².